The summed E-state index contributed by atoms with van der Waals surface area (Å²) >= 11 is 0. The second kappa shape index (κ2) is 7.89. The molecule has 0 N–H and O–H groups in total. The Morgan fingerprint density at radius 3 is 2.09 bits per heavy atom. The molecule has 0 bridgehead atoms. The molecule has 0 saturated carbocycles. The number of piperidine rings is 1. The number of quaternary nitrogens is 1. The van der Waals surface area contributed by atoms with Crippen LogP contribution < -0.4 is 4.74 Å². The molecule has 0 radical (unpaired) electrons. The molecular formula is C15H24FNO4S. The van der Waals surface area contributed by atoms with Gasteiger partial charge in [-0.3, -0.25) is 0 Å². The number of methoxy groups -OCH3 is 1. The van der Waals surface area contributed by atoms with Gasteiger partial charge in [-0.2, -0.15) is 0 Å². The lowest BCUT2D eigenvalue weighted by Crippen LogP contribution is -2.46. The van der Waals surface area contributed by atoms with E-state index < -0.39 is 10.5 Å². The van der Waals surface area contributed by atoms with Crippen molar-refractivity contribution in [3.63, 3.8) is 0 Å². The largest absolute Gasteiger partial charge is 0.722 e. The molecule has 0 atom stereocenters. The molecule has 22 heavy (non-hydrogen) atoms. The summed E-state index contributed by atoms with van der Waals surface area (Å²) in [5.41, 5.74) is 1.45. The average Bonchev–Trinajstić information content (AvgIpc) is 2.40. The summed E-state index contributed by atoms with van der Waals surface area (Å²) in [6.07, 6.45) is 3.95. The van der Waals surface area contributed by atoms with Gasteiger partial charge in [-0.15, -0.1) is 3.89 Å². The minimum absolute atomic E-state index is 0.870. The van der Waals surface area contributed by atoms with E-state index in [2.05, 4.69) is 38.4 Å². The fourth-order valence-corrected chi connectivity index (χ4v) is 2.62. The van der Waals surface area contributed by atoms with E-state index in [0.717, 1.165) is 11.7 Å². The Balaban J connectivity index is 0.000000422. The predicted molar refractivity (Wildman–Crippen MR) is 82.1 cm³/mol. The first-order valence-electron chi connectivity index (χ1n) is 7.19. The highest BCUT2D eigenvalue weighted by Crippen LogP contribution is 2.24. The second-order valence-corrected chi connectivity index (χ2v) is 7.06. The van der Waals surface area contributed by atoms with E-state index in [1.165, 1.54) is 42.4 Å². The van der Waals surface area contributed by atoms with Crippen LogP contribution in [0.25, 0.3) is 0 Å². The fraction of sp³-hybridized carbons (Fsp3) is 0.600. The van der Waals surface area contributed by atoms with Crippen molar-refractivity contribution in [2.45, 2.75) is 19.3 Å². The van der Waals surface area contributed by atoms with Gasteiger partial charge in [0.15, 0.2) is 0 Å². The van der Waals surface area contributed by atoms with Gasteiger partial charge >= 0.3 is 0 Å². The van der Waals surface area contributed by atoms with Crippen LogP contribution in [0.5, 0.6) is 5.75 Å². The SMILES string of the molecule is COc1ccc(CC2CC[N+](C)(C)CC2)cc1.O=S(=O)([O-])F. The molecular weight excluding hydrogens is 309 g/mol. The molecule has 0 amide bonds. The van der Waals surface area contributed by atoms with Gasteiger partial charge in [-0.05, 0) is 42.9 Å². The molecule has 1 saturated heterocycles. The number of likely N-dealkylation sites (tertiary alicyclic amines) is 1. The maximum Gasteiger partial charge on any atom is 0.255 e. The van der Waals surface area contributed by atoms with Crippen LogP contribution in [0, 0.1) is 5.92 Å². The van der Waals surface area contributed by atoms with Crippen LogP contribution in [0.1, 0.15) is 18.4 Å². The molecule has 0 aliphatic carbocycles. The molecule has 1 aromatic carbocycles. The third-order valence-corrected chi connectivity index (χ3v) is 3.97. The number of ether oxygens (including phenoxy) is 1. The first kappa shape index (κ1) is 18.9. The molecule has 1 heterocycles. The summed E-state index contributed by atoms with van der Waals surface area (Å²) in [4.78, 5) is 0. The van der Waals surface area contributed by atoms with Crippen molar-refractivity contribution in [1.29, 1.82) is 0 Å². The zero-order chi connectivity index (χ0) is 16.8. The molecule has 2 rings (SSSR count). The molecule has 1 aliphatic heterocycles. The lowest BCUT2D eigenvalue weighted by Gasteiger charge is -2.37. The lowest BCUT2D eigenvalue weighted by molar-refractivity contribution is -0.896. The van der Waals surface area contributed by atoms with Gasteiger partial charge in [0.1, 0.15) is 5.75 Å². The summed E-state index contributed by atoms with van der Waals surface area (Å²) < 4.78 is 41.7. The Kier molecular flexibility index (Phi) is 6.77. The van der Waals surface area contributed by atoms with Crippen molar-refractivity contribution in [2.75, 3.05) is 34.3 Å². The van der Waals surface area contributed by atoms with E-state index in [1.807, 2.05) is 0 Å². The van der Waals surface area contributed by atoms with Crippen LogP contribution in [0.3, 0.4) is 0 Å². The van der Waals surface area contributed by atoms with Gasteiger partial charge < -0.3 is 13.8 Å². The summed E-state index contributed by atoms with van der Waals surface area (Å²) in [6.45, 7) is 2.64. The van der Waals surface area contributed by atoms with Gasteiger partial charge in [0.25, 0.3) is 10.5 Å². The zero-order valence-electron chi connectivity index (χ0n) is 13.3. The monoisotopic (exact) mass is 333 g/mol. The third kappa shape index (κ3) is 8.31. The summed E-state index contributed by atoms with van der Waals surface area (Å²) in [7, 11) is 0.976. The topological polar surface area (TPSA) is 66.4 Å². The van der Waals surface area contributed by atoms with Crippen LogP contribution >= 0.6 is 0 Å². The summed E-state index contributed by atoms with van der Waals surface area (Å²) in [5.74, 6) is 1.82. The first-order chi connectivity index (χ1) is 10.1. The van der Waals surface area contributed by atoms with Crippen LogP contribution in [0.4, 0.5) is 3.89 Å². The molecule has 0 unspecified atom stereocenters. The number of rotatable bonds is 3. The van der Waals surface area contributed by atoms with Crippen molar-refractivity contribution < 1.29 is 26.1 Å². The Hall–Kier alpha value is -1.18. The molecule has 1 aromatic rings. The second-order valence-electron chi connectivity index (χ2n) is 6.27. The van der Waals surface area contributed by atoms with E-state index in [1.54, 1.807) is 7.11 Å². The van der Waals surface area contributed by atoms with Crippen molar-refractivity contribution in [2.24, 2.45) is 5.92 Å². The molecule has 1 fully saturated rings. The zero-order valence-corrected chi connectivity index (χ0v) is 14.1. The lowest BCUT2D eigenvalue weighted by atomic mass is 9.89. The first-order valence-corrected chi connectivity index (χ1v) is 8.50. The van der Waals surface area contributed by atoms with Crippen molar-refractivity contribution >= 4 is 10.5 Å². The molecule has 0 spiro atoms. The summed E-state index contributed by atoms with van der Waals surface area (Å²) in [6, 6.07) is 8.54. The molecule has 126 valence electrons. The smallest absolute Gasteiger partial charge is 0.255 e. The van der Waals surface area contributed by atoms with E-state index in [4.69, 9.17) is 17.7 Å². The Morgan fingerprint density at radius 2 is 1.68 bits per heavy atom. The van der Waals surface area contributed by atoms with Gasteiger partial charge in [0, 0.05) is 0 Å². The van der Waals surface area contributed by atoms with E-state index in [-0.39, 0.29) is 0 Å². The quantitative estimate of drug-likeness (QED) is 0.483. The molecule has 0 aromatic heterocycles. The highest BCUT2D eigenvalue weighted by Gasteiger charge is 2.25. The van der Waals surface area contributed by atoms with E-state index in [0.29, 0.717) is 0 Å². The molecule has 7 heteroatoms. The van der Waals surface area contributed by atoms with Gasteiger partial charge in [0.2, 0.25) is 0 Å². The van der Waals surface area contributed by atoms with Crippen molar-refractivity contribution in [3.8, 4) is 5.75 Å². The number of nitrogens with zero attached hydrogens (tertiary/aromatic N) is 1. The van der Waals surface area contributed by atoms with Gasteiger partial charge in [-0.1, -0.05) is 12.1 Å². The fourth-order valence-electron chi connectivity index (χ4n) is 2.62. The van der Waals surface area contributed by atoms with Crippen LogP contribution in [-0.4, -0.2) is 51.7 Å². The third-order valence-electron chi connectivity index (χ3n) is 3.97. The average molecular weight is 333 g/mol. The Labute approximate surface area is 132 Å². The standard InChI is InChI=1S/C15H24NO.FHO3S/c1-16(2)10-8-14(9-11-16)12-13-4-6-15(17-3)7-5-13;1-5(2,3)4/h4-7,14H,8-12H2,1-3H3;(H,2,3,4)/q+1;/p-1. The maximum atomic E-state index is 10.1. The number of halogens is 1. The van der Waals surface area contributed by atoms with Gasteiger partial charge in [-0.25, -0.2) is 8.42 Å². The number of hydrogen-bond donors (Lipinski definition) is 0. The summed E-state index contributed by atoms with van der Waals surface area (Å²) in [5, 5.41) is 0. The van der Waals surface area contributed by atoms with Crippen LogP contribution in [0.2, 0.25) is 0 Å². The van der Waals surface area contributed by atoms with Crippen molar-refractivity contribution in [3.05, 3.63) is 29.8 Å². The number of benzene rings is 1. The van der Waals surface area contributed by atoms with Crippen molar-refractivity contribution in [1.82, 2.24) is 0 Å². The van der Waals surface area contributed by atoms with Crippen LogP contribution in [-0.2, 0) is 16.9 Å². The predicted octanol–water partition coefficient (Wildman–Crippen LogP) is 2.14. The highest BCUT2D eigenvalue weighted by atomic mass is 32.3. The maximum absolute atomic E-state index is 10.1. The number of hydrogen-bond acceptors (Lipinski definition) is 4. The normalized spacial score (nSPS) is 18.2. The Morgan fingerprint density at radius 1 is 1.23 bits per heavy atom. The van der Waals surface area contributed by atoms with E-state index >= 15 is 0 Å². The highest BCUT2D eigenvalue weighted by molar-refractivity contribution is 7.80. The van der Waals surface area contributed by atoms with Crippen LogP contribution in [0.15, 0.2) is 24.3 Å². The molecule has 1 aliphatic rings. The minimum Gasteiger partial charge on any atom is -0.722 e. The van der Waals surface area contributed by atoms with Gasteiger partial charge in [0.05, 0.1) is 34.3 Å². The molecule has 5 nitrogen and oxygen atoms in total. The Bertz CT molecular complexity index is 539. The minimum atomic E-state index is -5.42. The van der Waals surface area contributed by atoms with E-state index in [9.17, 15) is 3.89 Å².